The number of halogens is 4. The molecule has 1 atom stereocenters. The maximum Gasteiger partial charge on any atom is 0.417 e. The number of thiocarbonyl (C=S) groups is 1. The SMILES string of the molecule is FC(F)(F)c1ccc(NC(=S)N(Cc2ccco2)CC2CC=CCC2)cc1Cl. The van der Waals surface area contributed by atoms with Gasteiger partial charge in [-0.2, -0.15) is 13.2 Å². The molecule has 0 saturated heterocycles. The average molecular weight is 429 g/mol. The van der Waals surface area contributed by atoms with Crippen molar-refractivity contribution in [2.75, 3.05) is 11.9 Å². The van der Waals surface area contributed by atoms with Crippen LogP contribution in [-0.2, 0) is 12.7 Å². The lowest BCUT2D eigenvalue weighted by Crippen LogP contribution is -2.38. The third-order valence-electron chi connectivity index (χ3n) is 4.60. The summed E-state index contributed by atoms with van der Waals surface area (Å²) in [4.78, 5) is 1.98. The van der Waals surface area contributed by atoms with Crippen molar-refractivity contribution in [1.29, 1.82) is 0 Å². The van der Waals surface area contributed by atoms with E-state index < -0.39 is 11.7 Å². The van der Waals surface area contributed by atoms with Crippen LogP contribution in [0, 0.1) is 5.92 Å². The summed E-state index contributed by atoms with van der Waals surface area (Å²) in [6.07, 6.45) is 4.54. The first-order valence-electron chi connectivity index (χ1n) is 8.93. The van der Waals surface area contributed by atoms with Crippen molar-refractivity contribution in [3.63, 3.8) is 0 Å². The first-order valence-corrected chi connectivity index (χ1v) is 9.71. The third-order valence-corrected chi connectivity index (χ3v) is 5.27. The Bertz CT molecular complexity index is 836. The van der Waals surface area contributed by atoms with Crippen molar-refractivity contribution in [2.24, 2.45) is 5.92 Å². The summed E-state index contributed by atoms with van der Waals surface area (Å²) in [5.74, 6) is 1.22. The highest BCUT2D eigenvalue weighted by atomic mass is 35.5. The first-order chi connectivity index (χ1) is 13.3. The number of furan rings is 1. The van der Waals surface area contributed by atoms with Crippen LogP contribution in [0.5, 0.6) is 0 Å². The summed E-state index contributed by atoms with van der Waals surface area (Å²) in [5, 5.41) is 3.06. The second-order valence-electron chi connectivity index (χ2n) is 6.73. The third kappa shape index (κ3) is 5.52. The fraction of sp³-hybridized carbons (Fsp3) is 0.350. The van der Waals surface area contributed by atoms with Crippen LogP contribution in [0.25, 0.3) is 0 Å². The van der Waals surface area contributed by atoms with Crippen molar-refractivity contribution in [3.8, 4) is 0 Å². The van der Waals surface area contributed by atoms with Crippen molar-refractivity contribution < 1.29 is 17.6 Å². The van der Waals surface area contributed by atoms with Gasteiger partial charge in [-0.25, -0.2) is 0 Å². The highest BCUT2D eigenvalue weighted by Crippen LogP contribution is 2.36. The zero-order chi connectivity index (χ0) is 20.1. The topological polar surface area (TPSA) is 28.4 Å². The molecule has 0 fully saturated rings. The Hall–Kier alpha value is -1.99. The molecule has 1 aromatic heterocycles. The number of hydrogen-bond donors (Lipinski definition) is 1. The minimum absolute atomic E-state index is 0.365. The second kappa shape index (κ2) is 9.01. The Kier molecular flexibility index (Phi) is 6.67. The molecule has 1 unspecified atom stereocenters. The van der Waals surface area contributed by atoms with Crippen molar-refractivity contribution in [3.05, 3.63) is 65.1 Å². The van der Waals surface area contributed by atoms with Crippen LogP contribution < -0.4 is 5.32 Å². The molecule has 150 valence electrons. The average Bonchev–Trinajstić information content (AvgIpc) is 3.14. The molecule has 8 heteroatoms. The van der Waals surface area contributed by atoms with E-state index in [1.54, 1.807) is 6.26 Å². The van der Waals surface area contributed by atoms with Gasteiger partial charge in [-0.1, -0.05) is 23.8 Å². The summed E-state index contributed by atoms with van der Waals surface area (Å²) in [5.41, 5.74) is -0.456. The molecule has 0 spiro atoms. The predicted octanol–water partition coefficient (Wildman–Crippen LogP) is 6.51. The van der Waals surface area contributed by atoms with Crippen molar-refractivity contribution >= 4 is 34.6 Å². The predicted molar refractivity (Wildman–Crippen MR) is 108 cm³/mol. The van der Waals surface area contributed by atoms with E-state index in [9.17, 15) is 13.2 Å². The van der Waals surface area contributed by atoms with Crippen LogP contribution in [0.2, 0.25) is 5.02 Å². The van der Waals surface area contributed by atoms with E-state index in [4.69, 9.17) is 28.2 Å². The van der Waals surface area contributed by atoms with Crippen LogP contribution in [0.4, 0.5) is 18.9 Å². The fourth-order valence-electron chi connectivity index (χ4n) is 3.17. The molecule has 2 aromatic rings. The van der Waals surface area contributed by atoms with Crippen LogP contribution in [0.1, 0.15) is 30.6 Å². The molecular weight excluding hydrogens is 409 g/mol. The summed E-state index contributed by atoms with van der Waals surface area (Å²) in [6.45, 7) is 1.21. The first kappa shape index (κ1) is 20.7. The Morgan fingerprint density at radius 2 is 2.11 bits per heavy atom. The van der Waals surface area contributed by atoms with E-state index in [1.807, 2.05) is 17.0 Å². The zero-order valence-electron chi connectivity index (χ0n) is 15.0. The number of hydrogen-bond acceptors (Lipinski definition) is 2. The maximum absolute atomic E-state index is 12.9. The lowest BCUT2D eigenvalue weighted by molar-refractivity contribution is -0.137. The summed E-state index contributed by atoms with van der Waals surface area (Å²) < 4.78 is 44.1. The monoisotopic (exact) mass is 428 g/mol. The van der Waals surface area contributed by atoms with Gasteiger partial charge in [0.05, 0.1) is 23.4 Å². The van der Waals surface area contributed by atoms with Gasteiger partial charge < -0.3 is 14.6 Å². The van der Waals surface area contributed by atoms with E-state index >= 15 is 0 Å². The van der Waals surface area contributed by atoms with E-state index in [0.717, 1.165) is 37.6 Å². The normalized spacial score (nSPS) is 16.8. The number of nitrogens with zero attached hydrogens (tertiary/aromatic N) is 1. The Balaban J connectivity index is 1.73. The number of allylic oxidation sites excluding steroid dienone is 2. The van der Waals surface area contributed by atoms with Crippen molar-refractivity contribution in [2.45, 2.75) is 32.0 Å². The van der Waals surface area contributed by atoms with Crippen LogP contribution >= 0.6 is 23.8 Å². The Morgan fingerprint density at radius 3 is 2.71 bits per heavy atom. The van der Waals surface area contributed by atoms with Gasteiger partial charge in [-0.3, -0.25) is 0 Å². The molecule has 28 heavy (non-hydrogen) atoms. The largest absolute Gasteiger partial charge is 0.467 e. The van der Waals surface area contributed by atoms with Gasteiger partial charge in [0.25, 0.3) is 0 Å². The summed E-state index contributed by atoms with van der Waals surface area (Å²) >= 11 is 11.3. The molecular formula is C20H20ClF3N2OS. The maximum atomic E-state index is 12.9. The molecule has 1 N–H and O–H groups in total. The Labute approximate surface area is 172 Å². The van der Waals surface area contributed by atoms with Gasteiger partial charge in [0.1, 0.15) is 5.76 Å². The number of alkyl halides is 3. The molecule has 0 bridgehead atoms. The molecule has 0 saturated carbocycles. The minimum Gasteiger partial charge on any atom is -0.467 e. The number of anilines is 1. The highest BCUT2D eigenvalue weighted by Gasteiger charge is 2.33. The van der Waals surface area contributed by atoms with Gasteiger partial charge in [0.15, 0.2) is 5.11 Å². The van der Waals surface area contributed by atoms with Gasteiger partial charge in [-0.05, 0) is 67.7 Å². The fourth-order valence-corrected chi connectivity index (χ4v) is 3.71. The lowest BCUT2D eigenvalue weighted by Gasteiger charge is -2.30. The molecule has 0 amide bonds. The van der Waals surface area contributed by atoms with Crippen LogP contribution in [-0.4, -0.2) is 16.6 Å². The molecule has 0 radical (unpaired) electrons. The van der Waals surface area contributed by atoms with E-state index in [1.165, 1.54) is 12.1 Å². The van der Waals surface area contributed by atoms with E-state index in [0.29, 0.717) is 23.3 Å². The van der Waals surface area contributed by atoms with Gasteiger partial charge in [0, 0.05) is 12.2 Å². The molecule has 1 aliphatic carbocycles. The van der Waals surface area contributed by atoms with Crippen LogP contribution in [0.3, 0.4) is 0 Å². The zero-order valence-corrected chi connectivity index (χ0v) is 16.6. The van der Waals surface area contributed by atoms with Crippen molar-refractivity contribution in [1.82, 2.24) is 4.90 Å². The minimum atomic E-state index is -4.49. The number of nitrogens with one attached hydrogen (secondary N) is 1. The summed E-state index contributed by atoms with van der Waals surface area (Å²) in [7, 11) is 0. The molecule has 3 rings (SSSR count). The summed E-state index contributed by atoms with van der Waals surface area (Å²) in [6, 6.07) is 7.20. The number of benzene rings is 1. The smallest absolute Gasteiger partial charge is 0.417 e. The van der Waals surface area contributed by atoms with Gasteiger partial charge in [-0.15, -0.1) is 0 Å². The standard InChI is InChI=1S/C20H20ClF3N2OS/c21-18-11-15(8-9-17(18)20(22,23)24)25-19(28)26(13-16-7-4-10-27-16)12-14-5-2-1-3-6-14/h1-2,4,7-11,14H,3,5-6,12-13H2,(H,25,28). The number of rotatable bonds is 5. The van der Waals surface area contributed by atoms with Crippen LogP contribution in [0.15, 0.2) is 53.2 Å². The lowest BCUT2D eigenvalue weighted by atomic mass is 9.94. The quantitative estimate of drug-likeness (QED) is 0.434. The van der Waals surface area contributed by atoms with E-state index in [-0.39, 0.29) is 5.02 Å². The molecule has 1 heterocycles. The second-order valence-corrected chi connectivity index (χ2v) is 7.53. The molecule has 1 aromatic carbocycles. The molecule has 1 aliphatic rings. The van der Waals surface area contributed by atoms with Gasteiger partial charge in [0.2, 0.25) is 0 Å². The van der Waals surface area contributed by atoms with E-state index in [2.05, 4.69) is 17.5 Å². The molecule has 3 nitrogen and oxygen atoms in total. The van der Waals surface area contributed by atoms with Gasteiger partial charge >= 0.3 is 6.18 Å². The highest BCUT2D eigenvalue weighted by molar-refractivity contribution is 7.80. The molecule has 0 aliphatic heterocycles. The Morgan fingerprint density at radius 1 is 1.29 bits per heavy atom.